The number of nitrogens with zero attached hydrogens (tertiary/aromatic N) is 1. The molecule has 0 radical (unpaired) electrons. The molecule has 1 N–H and O–H groups in total. The van der Waals surface area contributed by atoms with E-state index >= 15 is 0 Å². The number of carbonyl (C=O) groups is 1. The zero-order chi connectivity index (χ0) is 20.2. The van der Waals surface area contributed by atoms with E-state index in [0.717, 1.165) is 12.0 Å². The van der Waals surface area contributed by atoms with Gasteiger partial charge in [0.2, 0.25) is 0 Å². The summed E-state index contributed by atoms with van der Waals surface area (Å²) >= 11 is 7.91. The van der Waals surface area contributed by atoms with Crippen LogP contribution in [-0.4, -0.2) is 17.0 Å². The van der Waals surface area contributed by atoms with Gasteiger partial charge in [0.15, 0.2) is 0 Å². The maximum Gasteiger partial charge on any atom is 0.252 e. The van der Waals surface area contributed by atoms with Crippen molar-refractivity contribution >= 4 is 38.9 Å². The molecule has 0 aliphatic rings. The van der Waals surface area contributed by atoms with Gasteiger partial charge in [-0.15, -0.1) is 11.3 Å². The molecule has 4 nitrogen and oxygen atoms in total. The summed E-state index contributed by atoms with van der Waals surface area (Å²) in [7, 11) is 0. The van der Waals surface area contributed by atoms with Crippen molar-refractivity contribution in [1.82, 2.24) is 9.88 Å². The van der Waals surface area contributed by atoms with Crippen molar-refractivity contribution in [3.05, 3.63) is 104 Å². The van der Waals surface area contributed by atoms with E-state index in [9.17, 15) is 9.59 Å². The van der Waals surface area contributed by atoms with E-state index < -0.39 is 0 Å². The van der Waals surface area contributed by atoms with Gasteiger partial charge in [0.25, 0.3) is 11.5 Å². The zero-order valence-electron chi connectivity index (χ0n) is 15.6. The lowest BCUT2D eigenvalue weighted by Crippen LogP contribution is -2.28. The van der Waals surface area contributed by atoms with Crippen LogP contribution < -0.4 is 10.9 Å². The number of hydrogen-bond acceptors (Lipinski definition) is 3. The van der Waals surface area contributed by atoms with Crippen LogP contribution in [0.2, 0.25) is 5.02 Å². The summed E-state index contributed by atoms with van der Waals surface area (Å²) in [5, 5.41) is 6.92. The second-order valence-corrected chi connectivity index (χ2v) is 8.06. The quantitative estimate of drug-likeness (QED) is 0.488. The number of carbonyl (C=O) groups excluding carboxylic acids is 1. The van der Waals surface area contributed by atoms with Crippen LogP contribution in [0.1, 0.15) is 21.5 Å². The average molecular weight is 423 g/mol. The first-order valence-electron chi connectivity index (χ1n) is 9.29. The van der Waals surface area contributed by atoms with Crippen molar-refractivity contribution in [1.29, 1.82) is 0 Å². The van der Waals surface area contributed by atoms with Crippen LogP contribution in [0.3, 0.4) is 0 Å². The Bertz CT molecular complexity index is 1230. The van der Waals surface area contributed by atoms with E-state index in [1.54, 1.807) is 29.7 Å². The standard InChI is InChI=1S/C23H19ClN2O2S/c24-20-7-3-1-5-16(20)13-26-14-17(9-10-22(26)27)23(28)25-12-11-18-15-29-21-8-4-2-6-19(18)21/h1-10,14-15H,11-13H2,(H,25,28). The SMILES string of the molecule is O=C(NCCc1csc2ccccc12)c1ccc(=O)n(Cc2ccccc2Cl)c1. The molecule has 2 heterocycles. The van der Waals surface area contributed by atoms with Gasteiger partial charge in [0, 0.05) is 28.5 Å². The van der Waals surface area contributed by atoms with Gasteiger partial charge in [0.05, 0.1) is 12.1 Å². The van der Waals surface area contributed by atoms with Crippen molar-refractivity contribution < 1.29 is 4.79 Å². The van der Waals surface area contributed by atoms with Crippen LogP contribution in [0, 0.1) is 0 Å². The predicted molar refractivity (Wildman–Crippen MR) is 119 cm³/mol. The van der Waals surface area contributed by atoms with Crippen LogP contribution in [0.4, 0.5) is 0 Å². The Balaban J connectivity index is 1.43. The van der Waals surface area contributed by atoms with Crippen molar-refractivity contribution in [3.8, 4) is 0 Å². The Morgan fingerprint density at radius 2 is 1.79 bits per heavy atom. The Labute approximate surface area is 177 Å². The van der Waals surface area contributed by atoms with Crippen molar-refractivity contribution in [3.63, 3.8) is 0 Å². The largest absolute Gasteiger partial charge is 0.352 e. The smallest absolute Gasteiger partial charge is 0.252 e. The molecule has 0 saturated heterocycles. The van der Waals surface area contributed by atoms with Crippen LogP contribution >= 0.6 is 22.9 Å². The number of hydrogen-bond donors (Lipinski definition) is 1. The number of rotatable bonds is 6. The zero-order valence-corrected chi connectivity index (χ0v) is 17.2. The van der Waals surface area contributed by atoms with Gasteiger partial charge in [-0.3, -0.25) is 9.59 Å². The third kappa shape index (κ3) is 4.42. The summed E-state index contributed by atoms with van der Waals surface area (Å²) < 4.78 is 2.75. The summed E-state index contributed by atoms with van der Waals surface area (Å²) in [5.41, 5.74) is 2.34. The molecule has 0 aliphatic carbocycles. The molecule has 4 rings (SSSR count). The summed E-state index contributed by atoms with van der Waals surface area (Å²) in [4.78, 5) is 24.8. The summed E-state index contributed by atoms with van der Waals surface area (Å²) in [5.74, 6) is -0.197. The second-order valence-electron chi connectivity index (χ2n) is 6.74. The van der Waals surface area contributed by atoms with E-state index in [1.165, 1.54) is 26.3 Å². The van der Waals surface area contributed by atoms with Gasteiger partial charge in [-0.1, -0.05) is 48.0 Å². The molecule has 0 saturated carbocycles. The van der Waals surface area contributed by atoms with Crippen LogP contribution in [0.25, 0.3) is 10.1 Å². The lowest BCUT2D eigenvalue weighted by Gasteiger charge is -2.10. The van der Waals surface area contributed by atoms with Gasteiger partial charge >= 0.3 is 0 Å². The highest BCUT2D eigenvalue weighted by Gasteiger charge is 2.10. The molecule has 4 aromatic rings. The number of pyridine rings is 1. The number of nitrogens with one attached hydrogen (secondary N) is 1. The number of thiophene rings is 1. The van der Waals surface area contributed by atoms with Crippen molar-refractivity contribution in [2.45, 2.75) is 13.0 Å². The van der Waals surface area contributed by atoms with E-state index in [-0.39, 0.29) is 11.5 Å². The molecule has 1 amide bonds. The van der Waals surface area contributed by atoms with Crippen LogP contribution in [0.5, 0.6) is 0 Å². The highest BCUT2D eigenvalue weighted by molar-refractivity contribution is 7.17. The number of aromatic nitrogens is 1. The Kier molecular flexibility index (Phi) is 5.79. The maximum absolute atomic E-state index is 12.6. The van der Waals surface area contributed by atoms with Gasteiger partial charge in [-0.05, 0) is 46.5 Å². The maximum atomic E-state index is 12.6. The molecule has 0 spiro atoms. The van der Waals surface area contributed by atoms with E-state index in [0.29, 0.717) is 23.7 Å². The van der Waals surface area contributed by atoms with Gasteiger partial charge < -0.3 is 9.88 Å². The monoisotopic (exact) mass is 422 g/mol. The Morgan fingerprint density at radius 3 is 2.66 bits per heavy atom. The molecule has 0 fully saturated rings. The average Bonchev–Trinajstić information content (AvgIpc) is 3.14. The van der Waals surface area contributed by atoms with Gasteiger partial charge in [0.1, 0.15) is 0 Å². The molecular weight excluding hydrogens is 404 g/mol. The molecule has 29 heavy (non-hydrogen) atoms. The number of benzene rings is 2. The fraction of sp³-hybridized carbons (Fsp3) is 0.130. The number of amides is 1. The minimum Gasteiger partial charge on any atom is -0.352 e. The topological polar surface area (TPSA) is 51.1 Å². The fourth-order valence-corrected chi connectivity index (χ4v) is 4.43. The molecule has 0 aliphatic heterocycles. The fourth-order valence-electron chi connectivity index (χ4n) is 3.24. The minimum absolute atomic E-state index is 0.175. The van der Waals surface area contributed by atoms with Gasteiger partial charge in [-0.25, -0.2) is 0 Å². The summed E-state index contributed by atoms with van der Waals surface area (Å²) in [6.07, 6.45) is 2.34. The lowest BCUT2D eigenvalue weighted by molar-refractivity contribution is 0.0953. The molecule has 0 atom stereocenters. The van der Waals surface area contributed by atoms with Crippen LogP contribution in [0.15, 0.2) is 77.0 Å². The molecule has 0 bridgehead atoms. The van der Waals surface area contributed by atoms with E-state index in [1.807, 2.05) is 30.3 Å². The second kappa shape index (κ2) is 8.64. The first-order chi connectivity index (χ1) is 14.1. The van der Waals surface area contributed by atoms with E-state index in [2.05, 4.69) is 22.8 Å². The van der Waals surface area contributed by atoms with Crippen molar-refractivity contribution in [2.24, 2.45) is 0 Å². The first kappa shape index (κ1) is 19.4. The molecular formula is C23H19ClN2O2S. The third-order valence-electron chi connectivity index (χ3n) is 4.79. The third-order valence-corrected chi connectivity index (χ3v) is 6.17. The summed E-state index contributed by atoms with van der Waals surface area (Å²) in [6, 6.07) is 18.6. The molecule has 6 heteroatoms. The normalized spacial score (nSPS) is 10.9. The Hall–Kier alpha value is -2.89. The lowest BCUT2D eigenvalue weighted by atomic mass is 10.1. The van der Waals surface area contributed by atoms with Gasteiger partial charge in [-0.2, -0.15) is 0 Å². The summed E-state index contributed by atoms with van der Waals surface area (Å²) in [6.45, 7) is 0.851. The Morgan fingerprint density at radius 1 is 1.00 bits per heavy atom. The number of halogens is 1. The van der Waals surface area contributed by atoms with Crippen molar-refractivity contribution in [2.75, 3.05) is 6.54 Å². The van der Waals surface area contributed by atoms with E-state index in [4.69, 9.17) is 11.6 Å². The highest BCUT2D eigenvalue weighted by atomic mass is 35.5. The van der Waals surface area contributed by atoms with Crippen LogP contribution in [-0.2, 0) is 13.0 Å². The first-order valence-corrected chi connectivity index (χ1v) is 10.5. The number of fused-ring (bicyclic) bond motifs is 1. The molecule has 2 aromatic heterocycles. The molecule has 2 aromatic carbocycles. The molecule has 0 unspecified atom stereocenters. The predicted octanol–water partition coefficient (Wildman–Crippen LogP) is 4.74. The highest BCUT2D eigenvalue weighted by Crippen LogP contribution is 2.25. The molecule has 146 valence electrons. The minimum atomic E-state index is -0.197.